The van der Waals surface area contributed by atoms with E-state index >= 15 is 0 Å². The van der Waals surface area contributed by atoms with Crippen molar-refractivity contribution in [1.29, 1.82) is 0 Å². The van der Waals surface area contributed by atoms with Crippen LogP contribution in [0.25, 0.3) is 10.6 Å². The fourth-order valence-electron chi connectivity index (χ4n) is 3.72. The second-order valence-corrected chi connectivity index (χ2v) is 8.44. The highest BCUT2D eigenvalue weighted by molar-refractivity contribution is 7.16. The van der Waals surface area contributed by atoms with Crippen LogP contribution in [0.2, 0.25) is 0 Å². The van der Waals surface area contributed by atoms with Crippen LogP contribution < -0.4 is 5.32 Å². The molecule has 3 amide bonds. The average Bonchev–Trinajstić information content (AvgIpc) is 3.36. The maximum atomic E-state index is 12.4. The number of likely N-dealkylation sites (tertiary alicyclic amines) is 1. The molecule has 8 heteroatoms. The van der Waals surface area contributed by atoms with Crippen molar-refractivity contribution in [1.82, 2.24) is 9.88 Å². The number of carbonyl (C=O) groups is 3. The number of fused-ring (bicyclic) bond motifs is 1. The lowest BCUT2D eigenvalue weighted by molar-refractivity contribution is -0.140. The summed E-state index contributed by atoms with van der Waals surface area (Å²) < 4.78 is 0. The largest absolute Gasteiger partial charge is 0.302 e. The van der Waals surface area contributed by atoms with E-state index in [0.717, 1.165) is 36.3 Å². The van der Waals surface area contributed by atoms with Gasteiger partial charge in [0.25, 0.3) is 0 Å². The number of thiophene rings is 1. The van der Waals surface area contributed by atoms with Crippen molar-refractivity contribution in [2.45, 2.75) is 32.1 Å². The number of thiazole rings is 1. The molecule has 1 aliphatic heterocycles. The Morgan fingerprint density at radius 2 is 1.92 bits per heavy atom. The summed E-state index contributed by atoms with van der Waals surface area (Å²) in [5.74, 6) is -0.741. The molecular formula is C18H19N3O3S2. The molecule has 0 spiro atoms. The van der Waals surface area contributed by atoms with E-state index in [9.17, 15) is 14.4 Å². The van der Waals surface area contributed by atoms with E-state index in [0.29, 0.717) is 5.13 Å². The van der Waals surface area contributed by atoms with Gasteiger partial charge in [-0.3, -0.25) is 19.3 Å². The minimum absolute atomic E-state index is 0.0956. The van der Waals surface area contributed by atoms with Gasteiger partial charge in [0.15, 0.2) is 5.13 Å². The van der Waals surface area contributed by atoms with Crippen LogP contribution in [0.3, 0.4) is 0 Å². The standard InChI is InChI=1S/C18H19N3O3S2/c22-15(20-18-19-13(10-26-18)14-6-3-9-25-14)7-8-21-16(23)11-4-1-2-5-12(11)17(21)24/h3,6,9-12H,1-2,4-5,7-8H2,(H,19,20,22)/t11-,12-/m0/s1. The zero-order valence-corrected chi connectivity index (χ0v) is 15.8. The van der Waals surface area contributed by atoms with Gasteiger partial charge < -0.3 is 5.32 Å². The van der Waals surface area contributed by atoms with E-state index in [-0.39, 0.29) is 42.5 Å². The smallest absolute Gasteiger partial charge is 0.233 e. The summed E-state index contributed by atoms with van der Waals surface area (Å²) in [7, 11) is 0. The van der Waals surface area contributed by atoms with Crippen LogP contribution in [0.15, 0.2) is 22.9 Å². The molecule has 136 valence electrons. The molecule has 2 aromatic rings. The molecule has 2 aromatic heterocycles. The highest BCUT2D eigenvalue weighted by Crippen LogP contribution is 2.38. The predicted octanol–water partition coefficient (Wildman–Crippen LogP) is 3.38. The van der Waals surface area contributed by atoms with E-state index in [1.165, 1.54) is 16.2 Å². The summed E-state index contributed by atoms with van der Waals surface area (Å²) in [6.07, 6.45) is 3.70. The fourth-order valence-corrected chi connectivity index (χ4v) is 5.20. The number of hydrogen-bond donors (Lipinski definition) is 1. The van der Waals surface area contributed by atoms with Gasteiger partial charge in [-0.15, -0.1) is 22.7 Å². The molecule has 26 heavy (non-hydrogen) atoms. The third-order valence-corrected chi connectivity index (χ3v) is 6.67. The topological polar surface area (TPSA) is 79.4 Å². The predicted molar refractivity (Wildman–Crippen MR) is 101 cm³/mol. The Kier molecular flexibility index (Phi) is 4.86. The first-order valence-electron chi connectivity index (χ1n) is 8.78. The molecule has 0 bridgehead atoms. The third kappa shape index (κ3) is 3.31. The van der Waals surface area contributed by atoms with Gasteiger partial charge in [-0.05, 0) is 24.3 Å². The average molecular weight is 390 g/mol. The van der Waals surface area contributed by atoms with Crippen LogP contribution in [0.1, 0.15) is 32.1 Å². The molecule has 4 rings (SSSR count). The number of amides is 3. The maximum absolute atomic E-state index is 12.4. The molecule has 0 aromatic carbocycles. The van der Waals surface area contributed by atoms with E-state index in [1.807, 2.05) is 22.9 Å². The zero-order chi connectivity index (χ0) is 18.1. The lowest BCUT2D eigenvalue weighted by atomic mass is 9.81. The summed E-state index contributed by atoms with van der Waals surface area (Å²) in [6.45, 7) is 0.152. The Hall–Kier alpha value is -2.06. The second kappa shape index (κ2) is 7.28. The summed E-state index contributed by atoms with van der Waals surface area (Å²) in [4.78, 5) is 43.8. The Morgan fingerprint density at radius 3 is 2.58 bits per heavy atom. The van der Waals surface area contributed by atoms with Crippen molar-refractivity contribution >= 4 is 45.5 Å². The Labute approximate surface area is 159 Å². The number of imide groups is 1. The van der Waals surface area contributed by atoms with Gasteiger partial charge >= 0.3 is 0 Å². The summed E-state index contributed by atoms with van der Waals surface area (Å²) >= 11 is 2.96. The zero-order valence-electron chi connectivity index (χ0n) is 14.1. The lowest BCUT2D eigenvalue weighted by Gasteiger charge is -2.19. The highest BCUT2D eigenvalue weighted by atomic mass is 32.1. The van der Waals surface area contributed by atoms with Crippen LogP contribution in [0, 0.1) is 11.8 Å². The molecule has 0 unspecified atom stereocenters. The highest BCUT2D eigenvalue weighted by Gasteiger charge is 2.47. The number of hydrogen-bond acceptors (Lipinski definition) is 6. The van der Waals surface area contributed by atoms with Gasteiger partial charge in [-0.25, -0.2) is 4.98 Å². The van der Waals surface area contributed by atoms with Gasteiger partial charge in [0, 0.05) is 18.3 Å². The first kappa shape index (κ1) is 17.4. The number of aromatic nitrogens is 1. The van der Waals surface area contributed by atoms with Gasteiger partial charge in [0.05, 0.1) is 22.4 Å². The molecule has 1 saturated heterocycles. The molecular weight excluding hydrogens is 370 g/mol. The molecule has 1 aliphatic carbocycles. The number of nitrogens with zero attached hydrogens (tertiary/aromatic N) is 2. The fraction of sp³-hybridized carbons (Fsp3) is 0.444. The van der Waals surface area contributed by atoms with E-state index in [1.54, 1.807) is 11.3 Å². The summed E-state index contributed by atoms with van der Waals surface area (Å²) in [5.41, 5.74) is 0.842. The van der Waals surface area contributed by atoms with Gasteiger partial charge in [0.2, 0.25) is 17.7 Å². The van der Waals surface area contributed by atoms with Gasteiger partial charge in [-0.1, -0.05) is 18.9 Å². The van der Waals surface area contributed by atoms with Crippen molar-refractivity contribution in [3.05, 3.63) is 22.9 Å². The molecule has 3 heterocycles. The summed E-state index contributed by atoms with van der Waals surface area (Å²) in [6, 6.07) is 3.94. The molecule has 2 atom stereocenters. The minimum Gasteiger partial charge on any atom is -0.302 e. The van der Waals surface area contributed by atoms with Gasteiger partial charge in [-0.2, -0.15) is 0 Å². The van der Waals surface area contributed by atoms with E-state index < -0.39 is 0 Å². The molecule has 0 radical (unpaired) electrons. The second-order valence-electron chi connectivity index (χ2n) is 6.64. The number of anilines is 1. The summed E-state index contributed by atoms with van der Waals surface area (Å²) in [5, 5.41) is 7.18. The van der Waals surface area contributed by atoms with E-state index in [2.05, 4.69) is 10.3 Å². The molecule has 2 fully saturated rings. The van der Waals surface area contributed by atoms with Crippen LogP contribution in [-0.2, 0) is 14.4 Å². The Morgan fingerprint density at radius 1 is 1.19 bits per heavy atom. The quantitative estimate of drug-likeness (QED) is 0.795. The first-order valence-corrected chi connectivity index (χ1v) is 10.5. The van der Waals surface area contributed by atoms with Crippen LogP contribution >= 0.6 is 22.7 Å². The molecule has 6 nitrogen and oxygen atoms in total. The van der Waals surface area contributed by atoms with Gasteiger partial charge in [0.1, 0.15) is 0 Å². The Balaban J connectivity index is 1.33. The minimum atomic E-state index is -0.229. The number of rotatable bonds is 5. The molecule has 1 saturated carbocycles. The lowest BCUT2D eigenvalue weighted by Crippen LogP contribution is -2.34. The Bertz CT molecular complexity index is 807. The SMILES string of the molecule is O=C(CCN1C(=O)[C@H]2CCCC[C@@H]2C1=O)Nc1nc(-c2cccs2)cs1. The first-order chi connectivity index (χ1) is 12.6. The van der Waals surface area contributed by atoms with Crippen LogP contribution in [-0.4, -0.2) is 34.2 Å². The van der Waals surface area contributed by atoms with Crippen LogP contribution in [0.4, 0.5) is 5.13 Å². The number of carbonyl (C=O) groups excluding carboxylic acids is 3. The molecule has 1 N–H and O–H groups in total. The van der Waals surface area contributed by atoms with Crippen molar-refractivity contribution in [3.8, 4) is 10.6 Å². The van der Waals surface area contributed by atoms with Crippen LogP contribution in [0.5, 0.6) is 0 Å². The van der Waals surface area contributed by atoms with Crippen molar-refractivity contribution in [2.24, 2.45) is 11.8 Å². The molecule has 2 aliphatic rings. The van der Waals surface area contributed by atoms with Crippen molar-refractivity contribution in [2.75, 3.05) is 11.9 Å². The third-order valence-electron chi connectivity index (χ3n) is 5.02. The van der Waals surface area contributed by atoms with Crippen molar-refractivity contribution in [3.63, 3.8) is 0 Å². The number of nitrogens with one attached hydrogen (secondary N) is 1. The maximum Gasteiger partial charge on any atom is 0.233 e. The normalized spacial score (nSPS) is 22.5. The van der Waals surface area contributed by atoms with Crippen molar-refractivity contribution < 1.29 is 14.4 Å². The monoisotopic (exact) mass is 389 g/mol. The van der Waals surface area contributed by atoms with E-state index in [4.69, 9.17) is 0 Å².